The van der Waals surface area contributed by atoms with E-state index in [9.17, 15) is 4.79 Å². The zero-order valence-electron chi connectivity index (χ0n) is 16.5. The van der Waals surface area contributed by atoms with Gasteiger partial charge in [-0.05, 0) is 43.4 Å². The third-order valence-corrected chi connectivity index (χ3v) is 6.90. The van der Waals surface area contributed by atoms with Crippen LogP contribution in [-0.4, -0.2) is 54.1 Å². The number of carbonyl (C=O) groups is 1. The normalized spacial score (nSPS) is 17.0. The van der Waals surface area contributed by atoms with Gasteiger partial charge in [-0.3, -0.25) is 4.79 Å². The van der Waals surface area contributed by atoms with Crippen LogP contribution in [0.25, 0.3) is 10.2 Å². The Hall–Kier alpha value is -2.45. The molecule has 5 rings (SSSR count). The second kappa shape index (κ2) is 7.76. The summed E-state index contributed by atoms with van der Waals surface area (Å²) in [4.78, 5) is 28.9. The summed E-state index contributed by atoms with van der Waals surface area (Å²) in [5, 5.41) is 1.22. The van der Waals surface area contributed by atoms with Crippen molar-refractivity contribution in [1.29, 1.82) is 0 Å². The van der Waals surface area contributed by atoms with E-state index in [1.54, 1.807) is 19.2 Å². The molecule has 0 bridgehead atoms. The van der Waals surface area contributed by atoms with Crippen LogP contribution >= 0.6 is 11.3 Å². The molecule has 8 heteroatoms. The van der Waals surface area contributed by atoms with Gasteiger partial charge in [-0.15, -0.1) is 11.3 Å². The van der Waals surface area contributed by atoms with Crippen molar-refractivity contribution in [3.05, 3.63) is 40.4 Å². The van der Waals surface area contributed by atoms with Crippen LogP contribution in [0, 0.1) is 0 Å². The molecule has 1 amide bonds. The summed E-state index contributed by atoms with van der Waals surface area (Å²) in [5.74, 6) is 2.09. The highest BCUT2D eigenvalue weighted by Gasteiger charge is 2.28. The number of hydrogen-bond acceptors (Lipinski definition) is 7. The maximum atomic E-state index is 12.6. The van der Waals surface area contributed by atoms with Gasteiger partial charge in [0.25, 0.3) is 5.91 Å². The number of amides is 1. The van der Waals surface area contributed by atoms with Crippen molar-refractivity contribution in [1.82, 2.24) is 14.9 Å². The number of carbonyl (C=O) groups excluding carboxylic acids is 1. The molecular weight excluding hydrogens is 388 g/mol. The van der Waals surface area contributed by atoms with Gasteiger partial charge in [-0.2, -0.15) is 0 Å². The van der Waals surface area contributed by atoms with Crippen molar-refractivity contribution >= 4 is 33.3 Å². The minimum absolute atomic E-state index is 0.0459. The lowest BCUT2D eigenvalue weighted by molar-refractivity contribution is 0.0714. The maximum absolute atomic E-state index is 12.6. The second-order valence-electron chi connectivity index (χ2n) is 7.54. The molecular formula is C21H24N4O3S. The van der Waals surface area contributed by atoms with Gasteiger partial charge < -0.3 is 19.0 Å². The van der Waals surface area contributed by atoms with Gasteiger partial charge in [0.15, 0.2) is 11.6 Å². The lowest BCUT2D eigenvalue weighted by Gasteiger charge is -2.35. The highest BCUT2D eigenvalue weighted by Crippen LogP contribution is 2.40. The Labute approximate surface area is 173 Å². The Balaban J connectivity index is 1.45. The van der Waals surface area contributed by atoms with Crippen molar-refractivity contribution < 1.29 is 13.9 Å². The molecule has 3 aromatic heterocycles. The minimum Gasteiger partial charge on any atom is -0.459 e. The van der Waals surface area contributed by atoms with E-state index in [-0.39, 0.29) is 5.91 Å². The van der Waals surface area contributed by atoms with Crippen LogP contribution in [0.2, 0.25) is 0 Å². The zero-order chi connectivity index (χ0) is 19.8. The third-order valence-electron chi connectivity index (χ3n) is 5.71. The standard InChI is InChI=1S/C21H24N4O3S/c1-27-13-17-22-19(18-14-5-2-3-7-16(14)29-20(18)23-17)24-8-10-25(11-9-24)21(26)15-6-4-12-28-15/h4,6,12H,2-3,5,7-11,13H2,1H3. The van der Waals surface area contributed by atoms with Crippen molar-refractivity contribution in [2.75, 3.05) is 38.2 Å². The Morgan fingerprint density at radius 1 is 1.21 bits per heavy atom. The van der Waals surface area contributed by atoms with Crippen LogP contribution in [0.5, 0.6) is 0 Å². The Kier molecular flexibility index (Phi) is 4.97. The fraction of sp³-hybridized carbons (Fsp3) is 0.476. The largest absolute Gasteiger partial charge is 0.459 e. The van der Waals surface area contributed by atoms with Crippen LogP contribution < -0.4 is 4.90 Å². The first-order valence-electron chi connectivity index (χ1n) is 10.1. The average Bonchev–Trinajstić information content (AvgIpc) is 3.41. The lowest BCUT2D eigenvalue weighted by atomic mass is 9.97. The Morgan fingerprint density at radius 3 is 2.79 bits per heavy atom. The van der Waals surface area contributed by atoms with E-state index in [0.717, 1.165) is 42.4 Å². The van der Waals surface area contributed by atoms with Gasteiger partial charge in [0.2, 0.25) is 0 Å². The summed E-state index contributed by atoms with van der Waals surface area (Å²) in [7, 11) is 1.67. The summed E-state index contributed by atoms with van der Waals surface area (Å²) in [6, 6.07) is 3.47. The number of piperazine rings is 1. The number of thiophene rings is 1. The lowest BCUT2D eigenvalue weighted by Crippen LogP contribution is -2.49. The van der Waals surface area contributed by atoms with Gasteiger partial charge in [0.05, 0.1) is 11.6 Å². The van der Waals surface area contributed by atoms with Crippen molar-refractivity contribution in [3.63, 3.8) is 0 Å². The first-order valence-corrected chi connectivity index (χ1v) is 10.9. The molecule has 152 valence electrons. The highest BCUT2D eigenvalue weighted by atomic mass is 32.1. The predicted octanol–water partition coefficient (Wildman–Crippen LogP) is 3.27. The molecule has 1 aliphatic carbocycles. The number of nitrogens with zero attached hydrogens (tertiary/aromatic N) is 4. The molecule has 4 heterocycles. The summed E-state index contributed by atoms with van der Waals surface area (Å²) < 4.78 is 10.6. The van der Waals surface area contributed by atoms with Crippen LogP contribution in [-0.2, 0) is 24.2 Å². The van der Waals surface area contributed by atoms with Crippen molar-refractivity contribution in [2.24, 2.45) is 0 Å². The number of methoxy groups -OCH3 is 1. The summed E-state index contributed by atoms with van der Waals surface area (Å²) in [5.41, 5.74) is 1.43. The summed E-state index contributed by atoms with van der Waals surface area (Å²) in [6.07, 6.45) is 6.26. The number of aromatic nitrogens is 2. The van der Waals surface area contributed by atoms with E-state index in [1.807, 2.05) is 16.2 Å². The van der Waals surface area contributed by atoms with E-state index in [0.29, 0.717) is 25.5 Å². The first kappa shape index (κ1) is 18.6. The number of fused-ring (bicyclic) bond motifs is 3. The van der Waals surface area contributed by atoms with Gasteiger partial charge in [-0.1, -0.05) is 0 Å². The smallest absolute Gasteiger partial charge is 0.289 e. The van der Waals surface area contributed by atoms with Gasteiger partial charge in [0.1, 0.15) is 17.3 Å². The fourth-order valence-corrected chi connectivity index (χ4v) is 5.56. The van der Waals surface area contributed by atoms with Crippen LogP contribution in [0.4, 0.5) is 5.82 Å². The monoisotopic (exact) mass is 412 g/mol. The molecule has 1 saturated heterocycles. The fourth-order valence-electron chi connectivity index (χ4n) is 4.28. The number of hydrogen-bond donors (Lipinski definition) is 0. The SMILES string of the molecule is COCc1nc(N2CCN(C(=O)c3ccco3)CC2)c2c3c(sc2n1)CCCC3. The second-order valence-corrected chi connectivity index (χ2v) is 8.63. The Bertz CT molecular complexity index is 1020. The molecule has 0 N–H and O–H groups in total. The van der Waals surface area contributed by atoms with E-state index >= 15 is 0 Å². The predicted molar refractivity (Wildman–Crippen MR) is 112 cm³/mol. The topological polar surface area (TPSA) is 71.7 Å². The van der Waals surface area contributed by atoms with Crippen molar-refractivity contribution in [3.8, 4) is 0 Å². The molecule has 0 aromatic carbocycles. The molecule has 1 fully saturated rings. The molecule has 0 spiro atoms. The summed E-state index contributed by atoms with van der Waals surface area (Å²) in [6.45, 7) is 3.20. The maximum Gasteiger partial charge on any atom is 0.289 e. The molecule has 1 aliphatic heterocycles. The Morgan fingerprint density at radius 2 is 2.03 bits per heavy atom. The molecule has 2 aliphatic rings. The van der Waals surface area contributed by atoms with Crippen molar-refractivity contribution in [2.45, 2.75) is 32.3 Å². The minimum atomic E-state index is -0.0459. The van der Waals surface area contributed by atoms with E-state index < -0.39 is 0 Å². The van der Waals surface area contributed by atoms with Crippen LogP contribution in [0.3, 0.4) is 0 Å². The first-order chi connectivity index (χ1) is 14.2. The van der Waals surface area contributed by atoms with E-state index in [1.165, 1.54) is 34.9 Å². The number of rotatable bonds is 4. The molecule has 0 atom stereocenters. The molecule has 0 radical (unpaired) electrons. The molecule has 29 heavy (non-hydrogen) atoms. The molecule has 3 aromatic rings. The summed E-state index contributed by atoms with van der Waals surface area (Å²) >= 11 is 1.81. The number of furan rings is 1. The quantitative estimate of drug-likeness (QED) is 0.655. The third kappa shape index (κ3) is 3.40. The number of aryl methyl sites for hydroxylation is 2. The molecule has 0 saturated carbocycles. The van der Waals surface area contributed by atoms with E-state index in [2.05, 4.69) is 4.90 Å². The number of ether oxygens (including phenoxy) is 1. The molecule has 7 nitrogen and oxygen atoms in total. The van der Waals surface area contributed by atoms with E-state index in [4.69, 9.17) is 19.1 Å². The van der Waals surface area contributed by atoms with Crippen LogP contribution in [0.15, 0.2) is 22.8 Å². The van der Waals surface area contributed by atoms with Gasteiger partial charge in [-0.25, -0.2) is 9.97 Å². The van der Waals surface area contributed by atoms with Gasteiger partial charge >= 0.3 is 0 Å². The van der Waals surface area contributed by atoms with Gasteiger partial charge in [0, 0.05) is 38.2 Å². The zero-order valence-corrected chi connectivity index (χ0v) is 17.3. The van der Waals surface area contributed by atoms with Crippen LogP contribution in [0.1, 0.15) is 39.7 Å². The molecule has 0 unspecified atom stereocenters. The average molecular weight is 413 g/mol. The number of anilines is 1. The highest BCUT2D eigenvalue weighted by molar-refractivity contribution is 7.19.